The number of para-hydroxylation sites is 1. The van der Waals surface area contributed by atoms with Crippen molar-refractivity contribution in [3.8, 4) is 5.75 Å². The Balaban J connectivity index is 1.84. The number of aromatic nitrogens is 1. The SMILES string of the molecule is CCOC(=O)Cc1csc(NC(=O)COc2ccccc2CC)n1. The Morgan fingerprint density at radius 3 is 2.79 bits per heavy atom. The van der Waals surface area contributed by atoms with Crippen molar-refractivity contribution in [1.82, 2.24) is 4.98 Å². The number of nitrogens with one attached hydrogen (secondary N) is 1. The number of amides is 1. The maximum atomic E-state index is 12.0. The molecule has 1 amide bonds. The minimum atomic E-state index is -0.333. The van der Waals surface area contributed by atoms with Crippen LogP contribution in [0, 0.1) is 0 Å². The van der Waals surface area contributed by atoms with E-state index in [2.05, 4.69) is 10.3 Å². The monoisotopic (exact) mass is 348 g/mol. The van der Waals surface area contributed by atoms with Gasteiger partial charge in [0.15, 0.2) is 11.7 Å². The molecule has 2 rings (SSSR count). The molecule has 128 valence electrons. The molecule has 6 nitrogen and oxygen atoms in total. The van der Waals surface area contributed by atoms with Gasteiger partial charge in [-0.05, 0) is 25.0 Å². The highest BCUT2D eigenvalue weighted by Crippen LogP contribution is 2.19. The van der Waals surface area contributed by atoms with Crippen LogP contribution in [0.25, 0.3) is 0 Å². The number of hydrogen-bond acceptors (Lipinski definition) is 6. The minimum Gasteiger partial charge on any atom is -0.483 e. The second kappa shape index (κ2) is 9.02. The van der Waals surface area contributed by atoms with E-state index in [0.29, 0.717) is 23.2 Å². The maximum absolute atomic E-state index is 12.0. The summed E-state index contributed by atoms with van der Waals surface area (Å²) in [7, 11) is 0. The van der Waals surface area contributed by atoms with E-state index in [1.54, 1.807) is 12.3 Å². The second-order valence-corrected chi connectivity index (χ2v) is 5.78. The highest BCUT2D eigenvalue weighted by atomic mass is 32.1. The van der Waals surface area contributed by atoms with Gasteiger partial charge in [0.05, 0.1) is 18.7 Å². The summed E-state index contributed by atoms with van der Waals surface area (Å²) >= 11 is 1.26. The van der Waals surface area contributed by atoms with Crippen LogP contribution in [0.5, 0.6) is 5.75 Å². The van der Waals surface area contributed by atoms with Crippen LogP contribution in [0.4, 0.5) is 5.13 Å². The summed E-state index contributed by atoms with van der Waals surface area (Å²) in [5.41, 5.74) is 1.63. The van der Waals surface area contributed by atoms with E-state index in [9.17, 15) is 9.59 Å². The molecule has 0 radical (unpaired) electrons. The normalized spacial score (nSPS) is 10.2. The van der Waals surface area contributed by atoms with E-state index < -0.39 is 0 Å². The van der Waals surface area contributed by atoms with Crippen LogP contribution in [0.1, 0.15) is 25.1 Å². The summed E-state index contributed by atoms with van der Waals surface area (Å²) in [5.74, 6) is 0.0791. The number of hydrogen-bond donors (Lipinski definition) is 1. The molecular formula is C17H20N2O4S. The average Bonchev–Trinajstić information content (AvgIpc) is 3.00. The van der Waals surface area contributed by atoms with Crippen molar-refractivity contribution in [3.05, 3.63) is 40.9 Å². The summed E-state index contributed by atoms with van der Waals surface area (Å²) in [6.45, 7) is 4.02. The molecule has 1 heterocycles. The molecule has 1 aromatic heterocycles. The number of nitrogens with zero attached hydrogens (tertiary/aromatic N) is 1. The van der Waals surface area contributed by atoms with Gasteiger partial charge in [0.2, 0.25) is 0 Å². The lowest BCUT2D eigenvalue weighted by Gasteiger charge is -2.09. The standard InChI is InChI=1S/C17H20N2O4S/c1-3-12-7-5-6-8-14(12)23-10-15(20)19-17-18-13(11-24-17)9-16(21)22-4-2/h5-8,11H,3-4,9-10H2,1-2H3,(H,18,19,20). The van der Waals surface area contributed by atoms with Gasteiger partial charge < -0.3 is 9.47 Å². The zero-order chi connectivity index (χ0) is 17.4. The van der Waals surface area contributed by atoms with Crippen molar-refractivity contribution in [1.29, 1.82) is 0 Å². The first-order valence-electron chi connectivity index (χ1n) is 7.73. The first-order chi connectivity index (χ1) is 11.6. The van der Waals surface area contributed by atoms with Crippen LogP contribution >= 0.6 is 11.3 Å². The number of carbonyl (C=O) groups is 2. The third kappa shape index (κ3) is 5.34. The maximum Gasteiger partial charge on any atom is 0.311 e. The summed E-state index contributed by atoms with van der Waals surface area (Å²) in [4.78, 5) is 27.5. The average molecular weight is 348 g/mol. The minimum absolute atomic E-state index is 0.0934. The third-order valence-electron chi connectivity index (χ3n) is 3.14. The van der Waals surface area contributed by atoms with E-state index in [4.69, 9.17) is 9.47 Å². The molecule has 0 aliphatic rings. The molecule has 0 bridgehead atoms. The Morgan fingerprint density at radius 1 is 1.25 bits per heavy atom. The van der Waals surface area contributed by atoms with Gasteiger partial charge in [-0.15, -0.1) is 11.3 Å². The Morgan fingerprint density at radius 2 is 2.04 bits per heavy atom. The number of esters is 1. The number of aryl methyl sites for hydroxylation is 1. The first kappa shape index (κ1) is 17.9. The van der Waals surface area contributed by atoms with E-state index in [-0.39, 0.29) is 24.9 Å². The van der Waals surface area contributed by atoms with Gasteiger partial charge in [-0.1, -0.05) is 25.1 Å². The van der Waals surface area contributed by atoms with Gasteiger partial charge in [-0.25, -0.2) is 4.98 Å². The van der Waals surface area contributed by atoms with Crippen LogP contribution in [0.3, 0.4) is 0 Å². The largest absolute Gasteiger partial charge is 0.483 e. The highest BCUT2D eigenvalue weighted by molar-refractivity contribution is 7.13. The van der Waals surface area contributed by atoms with E-state index >= 15 is 0 Å². The fourth-order valence-electron chi connectivity index (χ4n) is 2.04. The first-order valence-corrected chi connectivity index (χ1v) is 8.60. The van der Waals surface area contributed by atoms with Crippen LogP contribution in [-0.2, 0) is 27.2 Å². The fraction of sp³-hybridized carbons (Fsp3) is 0.353. The van der Waals surface area contributed by atoms with Crippen molar-refractivity contribution < 1.29 is 19.1 Å². The van der Waals surface area contributed by atoms with Crippen molar-refractivity contribution in [3.63, 3.8) is 0 Å². The summed E-state index contributed by atoms with van der Waals surface area (Å²) in [6.07, 6.45) is 0.933. The van der Waals surface area contributed by atoms with Crippen molar-refractivity contribution in [2.24, 2.45) is 0 Å². The van der Waals surface area contributed by atoms with Gasteiger partial charge in [0.1, 0.15) is 5.75 Å². The van der Waals surface area contributed by atoms with Crippen LogP contribution < -0.4 is 10.1 Å². The number of thiazole rings is 1. The fourth-order valence-corrected chi connectivity index (χ4v) is 2.77. The topological polar surface area (TPSA) is 77.5 Å². The van der Waals surface area contributed by atoms with Gasteiger partial charge in [0.25, 0.3) is 5.91 Å². The van der Waals surface area contributed by atoms with Crippen molar-refractivity contribution >= 4 is 28.3 Å². The lowest BCUT2D eigenvalue weighted by molar-refractivity contribution is -0.142. The lowest BCUT2D eigenvalue weighted by Crippen LogP contribution is -2.20. The van der Waals surface area contributed by atoms with Crippen molar-refractivity contribution in [2.45, 2.75) is 26.7 Å². The third-order valence-corrected chi connectivity index (χ3v) is 3.95. The number of rotatable bonds is 8. The number of benzene rings is 1. The summed E-state index contributed by atoms with van der Waals surface area (Å²) < 4.78 is 10.4. The summed E-state index contributed by atoms with van der Waals surface area (Å²) in [5, 5.41) is 4.83. The molecule has 0 saturated heterocycles. The molecular weight excluding hydrogens is 328 g/mol. The predicted molar refractivity (Wildman–Crippen MR) is 92.4 cm³/mol. The predicted octanol–water partition coefficient (Wildman–Crippen LogP) is 2.83. The molecule has 0 saturated carbocycles. The zero-order valence-electron chi connectivity index (χ0n) is 13.7. The summed E-state index contributed by atoms with van der Waals surface area (Å²) in [6, 6.07) is 7.62. The van der Waals surface area contributed by atoms with Gasteiger partial charge in [-0.2, -0.15) is 0 Å². The molecule has 1 aromatic carbocycles. The number of anilines is 1. The Kier molecular flexibility index (Phi) is 6.74. The van der Waals surface area contributed by atoms with Crippen LogP contribution in [-0.4, -0.2) is 30.1 Å². The molecule has 0 spiro atoms. The molecule has 0 unspecified atom stereocenters. The van der Waals surface area contributed by atoms with Gasteiger partial charge in [-0.3, -0.25) is 14.9 Å². The molecule has 1 N–H and O–H groups in total. The molecule has 7 heteroatoms. The molecule has 0 aliphatic heterocycles. The van der Waals surface area contributed by atoms with Gasteiger partial charge >= 0.3 is 5.97 Å². The van der Waals surface area contributed by atoms with E-state index in [1.165, 1.54) is 11.3 Å². The Labute approximate surface area is 144 Å². The quantitative estimate of drug-likeness (QED) is 0.742. The molecule has 0 fully saturated rings. The molecule has 0 aliphatic carbocycles. The van der Waals surface area contributed by atoms with Crippen molar-refractivity contribution in [2.75, 3.05) is 18.5 Å². The number of carbonyl (C=O) groups excluding carboxylic acids is 2. The number of ether oxygens (including phenoxy) is 2. The molecule has 0 atom stereocenters. The van der Waals surface area contributed by atoms with Crippen LogP contribution in [0.2, 0.25) is 0 Å². The van der Waals surface area contributed by atoms with E-state index in [0.717, 1.165) is 12.0 Å². The van der Waals surface area contributed by atoms with Gasteiger partial charge in [0, 0.05) is 5.38 Å². The Bertz CT molecular complexity index is 699. The smallest absolute Gasteiger partial charge is 0.311 e. The lowest BCUT2D eigenvalue weighted by atomic mass is 10.1. The van der Waals surface area contributed by atoms with Crippen LogP contribution in [0.15, 0.2) is 29.6 Å². The molecule has 24 heavy (non-hydrogen) atoms. The Hall–Kier alpha value is -2.41. The molecule has 2 aromatic rings. The zero-order valence-corrected chi connectivity index (χ0v) is 14.5. The highest BCUT2D eigenvalue weighted by Gasteiger charge is 2.11. The van der Waals surface area contributed by atoms with E-state index in [1.807, 2.05) is 31.2 Å². The second-order valence-electron chi connectivity index (χ2n) is 4.92.